The molecule has 2 fully saturated rings. The summed E-state index contributed by atoms with van der Waals surface area (Å²) in [4.78, 5) is 26.3. The fourth-order valence-corrected chi connectivity index (χ4v) is 4.48. The zero-order valence-corrected chi connectivity index (χ0v) is 19.7. The summed E-state index contributed by atoms with van der Waals surface area (Å²) in [5.74, 6) is -0.294. The molecule has 11 heteroatoms. The molecule has 0 unspecified atom stereocenters. The number of β-amino-alcohol motifs (C(OH)–C–C–N with tert-alkyl or cyclic N) is 1. The minimum Gasteiger partial charge on any atom is -0.390 e. The maximum atomic E-state index is 13.4. The van der Waals surface area contributed by atoms with Crippen molar-refractivity contribution in [3.8, 4) is 0 Å². The predicted octanol–water partition coefficient (Wildman–Crippen LogP) is 3.28. The Bertz CT molecular complexity index is 1030. The molecule has 1 N–H and O–H groups in total. The van der Waals surface area contributed by atoms with Crippen LogP contribution in [0.1, 0.15) is 41.5 Å². The van der Waals surface area contributed by atoms with Crippen molar-refractivity contribution in [3.05, 3.63) is 52.3 Å². The normalized spacial score (nSPS) is 22.0. The van der Waals surface area contributed by atoms with Gasteiger partial charge in [0.15, 0.2) is 0 Å². The second-order valence-corrected chi connectivity index (χ2v) is 9.44. The van der Waals surface area contributed by atoms with Crippen LogP contribution >= 0.6 is 11.6 Å². The lowest BCUT2D eigenvalue weighted by Crippen LogP contribution is -2.54. The van der Waals surface area contributed by atoms with E-state index in [1.54, 1.807) is 47.9 Å². The van der Waals surface area contributed by atoms with Crippen molar-refractivity contribution >= 4 is 23.5 Å². The Hall–Kier alpha value is -2.43. The number of aliphatic hydroxyl groups is 1. The number of anilines is 1. The van der Waals surface area contributed by atoms with Crippen LogP contribution in [0.4, 0.5) is 19.1 Å². The van der Waals surface area contributed by atoms with E-state index in [9.17, 15) is 23.1 Å². The van der Waals surface area contributed by atoms with E-state index < -0.39 is 18.0 Å². The maximum absolute atomic E-state index is 13.4. The van der Waals surface area contributed by atoms with Gasteiger partial charge in [-0.3, -0.25) is 9.69 Å². The molecule has 2 aliphatic heterocycles. The van der Waals surface area contributed by atoms with E-state index in [0.29, 0.717) is 49.0 Å². The number of halogens is 4. The van der Waals surface area contributed by atoms with Crippen LogP contribution < -0.4 is 4.90 Å². The van der Waals surface area contributed by atoms with E-state index in [1.165, 1.54) is 0 Å². The van der Waals surface area contributed by atoms with E-state index >= 15 is 0 Å². The van der Waals surface area contributed by atoms with Gasteiger partial charge in [-0.2, -0.15) is 13.2 Å². The molecule has 0 spiro atoms. The number of carbonyl (C=O) groups is 1. The Kier molecular flexibility index (Phi) is 7.02. The van der Waals surface area contributed by atoms with Crippen LogP contribution in [0.2, 0.25) is 5.02 Å². The summed E-state index contributed by atoms with van der Waals surface area (Å²) < 4.78 is 40.1. The molecule has 1 aromatic heterocycles. The van der Waals surface area contributed by atoms with Crippen LogP contribution in [0.25, 0.3) is 0 Å². The number of aromatic nitrogens is 2. The molecular weight excluding hydrogens is 471 g/mol. The lowest BCUT2D eigenvalue weighted by molar-refractivity contribution is -0.141. The molecule has 2 aromatic rings. The first-order valence-corrected chi connectivity index (χ1v) is 11.6. The number of amides is 1. The van der Waals surface area contributed by atoms with Gasteiger partial charge in [0.05, 0.1) is 12.1 Å². The van der Waals surface area contributed by atoms with Crippen LogP contribution in [-0.4, -0.2) is 82.2 Å². The average molecular weight is 498 g/mol. The molecule has 1 amide bonds. The number of aliphatic hydroxyl groups excluding tert-OH is 1. The number of benzene rings is 1. The third kappa shape index (κ3) is 5.29. The maximum Gasteiger partial charge on any atom is 0.433 e. The van der Waals surface area contributed by atoms with Crippen molar-refractivity contribution < 1.29 is 23.1 Å². The van der Waals surface area contributed by atoms with Gasteiger partial charge in [0.25, 0.3) is 5.91 Å². The number of nitrogens with zero attached hydrogens (tertiary/aromatic N) is 5. The van der Waals surface area contributed by atoms with Crippen LogP contribution in [0.5, 0.6) is 0 Å². The fourth-order valence-electron chi connectivity index (χ4n) is 4.36. The summed E-state index contributed by atoms with van der Waals surface area (Å²) >= 11 is 5.89. The van der Waals surface area contributed by atoms with E-state index in [-0.39, 0.29) is 30.4 Å². The Balaban J connectivity index is 1.43. The zero-order valence-electron chi connectivity index (χ0n) is 19.0. The van der Waals surface area contributed by atoms with Crippen molar-refractivity contribution in [2.45, 2.75) is 38.1 Å². The summed E-state index contributed by atoms with van der Waals surface area (Å²) in [5.41, 5.74) is -0.106. The summed E-state index contributed by atoms with van der Waals surface area (Å²) in [6.45, 7) is 6.09. The molecule has 1 aromatic carbocycles. The quantitative estimate of drug-likeness (QED) is 0.699. The number of piperazine rings is 1. The standard InChI is InChI=1S/C23H27ClF3N5O2/c1-14(2)17-11-20(23(25,26)27)29-22(28-17)32-12-18(19(33)13-32)30-7-9-31(10-8-30)21(34)15-3-5-16(24)6-4-15/h3-6,11,14,18-19,33H,7-10,12-13H2,1-2H3/t18-,19-/m1/s1. The summed E-state index contributed by atoms with van der Waals surface area (Å²) in [6.07, 6.45) is -5.34. The molecule has 34 heavy (non-hydrogen) atoms. The highest BCUT2D eigenvalue weighted by atomic mass is 35.5. The Morgan fingerprint density at radius 3 is 2.32 bits per heavy atom. The largest absolute Gasteiger partial charge is 0.433 e. The minimum atomic E-state index is -4.58. The van der Waals surface area contributed by atoms with Gasteiger partial charge in [-0.15, -0.1) is 0 Å². The summed E-state index contributed by atoms with van der Waals surface area (Å²) in [6, 6.07) is 7.43. The van der Waals surface area contributed by atoms with Crippen molar-refractivity contribution in [1.82, 2.24) is 19.8 Å². The van der Waals surface area contributed by atoms with E-state index in [4.69, 9.17) is 11.6 Å². The van der Waals surface area contributed by atoms with Gasteiger partial charge >= 0.3 is 6.18 Å². The zero-order chi connectivity index (χ0) is 24.6. The Morgan fingerprint density at radius 2 is 1.74 bits per heavy atom. The molecule has 0 aliphatic carbocycles. The minimum absolute atomic E-state index is 0.0170. The Labute approximate surface area is 201 Å². The molecule has 4 rings (SSSR count). The van der Waals surface area contributed by atoms with E-state index in [1.807, 2.05) is 0 Å². The third-order valence-electron chi connectivity index (χ3n) is 6.32. The molecule has 2 aliphatic rings. The highest BCUT2D eigenvalue weighted by molar-refractivity contribution is 6.30. The van der Waals surface area contributed by atoms with Gasteiger partial charge in [-0.05, 0) is 36.2 Å². The number of carbonyl (C=O) groups excluding carboxylic acids is 1. The summed E-state index contributed by atoms with van der Waals surface area (Å²) in [5, 5.41) is 11.3. The molecule has 184 valence electrons. The first kappa shape index (κ1) is 24.7. The average Bonchev–Trinajstić information content (AvgIpc) is 3.20. The van der Waals surface area contributed by atoms with Crippen molar-refractivity contribution in [2.75, 3.05) is 44.2 Å². The van der Waals surface area contributed by atoms with Gasteiger partial charge in [-0.25, -0.2) is 9.97 Å². The van der Waals surface area contributed by atoms with E-state index in [0.717, 1.165) is 6.07 Å². The van der Waals surface area contributed by atoms with Gasteiger partial charge in [0, 0.05) is 55.5 Å². The number of hydrogen-bond donors (Lipinski definition) is 1. The predicted molar refractivity (Wildman–Crippen MR) is 122 cm³/mol. The molecule has 0 saturated carbocycles. The molecule has 2 atom stereocenters. The second kappa shape index (κ2) is 9.67. The SMILES string of the molecule is CC(C)c1cc(C(F)(F)F)nc(N2C[C@@H](O)[C@H](N3CCN(C(=O)c4ccc(Cl)cc4)CC3)C2)n1. The van der Waals surface area contributed by atoms with Crippen LogP contribution in [0, 0.1) is 0 Å². The van der Waals surface area contributed by atoms with Gasteiger partial charge in [0.1, 0.15) is 5.69 Å². The monoisotopic (exact) mass is 497 g/mol. The van der Waals surface area contributed by atoms with E-state index in [2.05, 4.69) is 14.9 Å². The number of rotatable bonds is 4. The molecule has 3 heterocycles. The lowest BCUT2D eigenvalue weighted by Gasteiger charge is -2.38. The number of alkyl halides is 3. The molecule has 7 nitrogen and oxygen atoms in total. The number of hydrogen-bond acceptors (Lipinski definition) is 6. The lowest BCUT2D eigenvalue weighted by atomic mass is 10.1. The first-order valence-electron chi connectivity index (χ1n) is 11.2. The van der Waals surface area contributed by atoms with Gasteiger partial charge < -0.3 is 14.9 Å². The first-order chi connectivity index (χ1) is 16.0. The fraction of sp³-hybridized carbons (Fsp3) is 0.522. The van der Waals surface area contributed by atoms with Gasteiger partial charge in [-0.1, -0.05) is 25.4 Å². The smallest absolute Gasteiger partial charge is 0.390 e. The topological polar surface area (TPSA) is 72.8 Å². The van der Waals surface area contributed by atoms with Crippen LogP contribution in [-0.2, 0) is 6.18 Å². The molecular formula is C23H27ClF3N5O2. The summed E-state index contributed by atoms with van der Waals surface area (Å²) in [7, 11) is 0. The second-order valence-electron chi connectivity index (χ2n) is 9.01. The van der Waals surface area contributed by atoms with Crippen molar-refractivity contribution in [1.29, 1.82) is 0 Å². The van der Waals surface area contributed by atoms with Crippen molar-refractivity contribution in [2.24, 2.45) is 0 Å². The van der Waals surface area contributed by atoms with Crippen LogP contribution in [0.3, 0.4) is 0 Å². The van der Waals surface area contributed by atoms with Crippen LogP contribution in [0.15, 0.2) is 30.3 Å². The molecule has 0 bridgehead atoms. The molecule has 2 saturated heterocycles. The highest BCUT2D eigenvalue weighted by Crippen LogP contribution is 2.32. The van der Waals surface area contributed by atoms with Crippen molar-refractivity contribution in [3.63, 3.8) is 0 Å². The molecule has 0 radical (unpaired) electrons. The highest BCUT2D eigenvalue weighted by Gasteiger charge is 2.40. The van der Waals surface area contributed by atoms with Gasteiger partial charge in [0.2, 0.25) is 5.95 Å². The third-order valence-corrected chi connectivity index (χ3v) is 6.57. The Morgan fingerprint density at radius 1 is 1.09 bits per heavy atom.